The van der Waals surface area contributed by atoms with Gasteiger partial charge < -0.3 is 10.6 Å². The van der Waals surface area contributed by atoms with Crippen LogP contribution in [0.2, 0.25) is 0 Å². The van der Waals surface area contributed by atoms with Crippen molar-refractivity contribution in [2.24, 2.45) is 0 Å². The molecule has 0 aromatic heterocycles. The summed E-state index contributed by atoms with van der Waals surface area (Å²) in [5.41, 5.74) is 2.13. The largest absolute Gasteiger partial charge is 0.326 e. The van der Waals surface area contributed by atoms with Gasteiger partial charge in [-0.25, -0.2) is 8.42 Å². The average Bonchev–Trinajstić information content (AvgIpc) is 2.68. The van der Waals surface area contributed by atoms with Crippen molar-refractivity contribution in [1.82, 2.24) is 4.31 Å². The molecule has 2 aromatic rings. The van der Waals surface area contributed by atoms with E-state index in [-0.39, 0.29) is 29.2 Å². The summed E-state index contributed by atoms with van der Waals surface area (Å²) in [6.07, 6.45) is 2.39. The van der Waals surface area contributed by atoms with Crippen molar-refractivity contribution < 1.29 is 18.0 Å². The number of piperidine rings is 1. The van der Waals surface area contributed by atoms with Crippen LogP contribution in [0.3, 0.4) is 0 Å². The molecule has 0 radical (unpaired) electrons. The van der Waals surface area contributed by atoms with E-state index in [1.165, 1.54) is 11.2 Å². The topological polar surface area (TPSA) is 95.6 Å². The van der Waals surface area contributed by atoms with Gasteiger partial charge in [0.2, 0.25) is 21.8 Å². The summed E-state index contributed by atoms with van der Waals surface area (Å²) in [5.74, 6) is -0.455. The number of anilines is 2. The first kappa shape index (κ1) is 22.0. The number of hydrogen-bond acceptors (Lipinski definition) is 4. The zero-order valence-electron chi connectivity index (χ0n) is 17.2. The third kappa shape index (κ3) is 5.46. The highest BCUT2D eigenvalue weighted by Crippen LogP contribution is 2.28. The number of sulfonamides is 1. The molecule has 8 heteroatoms. The number of carbonyl (C=O) groups excluding carboxylic acids is 2. The van der Waals surface area contributed by atoms with E-state index in [4.69, 9.17) is 0 Å². The molecule has 0 aliphatic carbocycles. The highest BCUT2D eigenvalue weighted by molar-refractivity contribution is 7.89. The van der Waals surface area contributed by atoms with Crippen LogP contribution in [0.5, 0.6) is 0 Å². The number of amides is 2. The molecule has 1 aliphatic heterocycles. The minimum absolute atomic E-state index is 0.0788. The van der Waals surface area contributed by atoms with Crippen LogP contribution >= 0.6 is 0 Å². The van der Waals surface area contributed by atoms with E-state index in [2.05, 4.69) is 10.6 Å². The zero-order chi connectivity index (χ0) is 21.7. The van der Waals surface area contributed by atoms with Gasteiger partial charge in [-0.05, 0) is 50.1 Å². The molecule has 2 aromatic carbocycles. The lowest BCUT2D eigenvalue weighted by Crippen LogP contribution is -2.45. The number of aryl methyl sites for hydroxylation is 1. The van der Waals surface area contributed by atoms with Crippen molar-refractivity contribution in [3.05, 3.63) is 54.1 Å². The van der Waals surface area contributed by atoms with E-state index in [0.717, 1.165) is 18.4 Å². The van der Waals surface area contributed by atoms with Gasteiger partial charge in [-0.3, -0.25) is 9.59 Å². The molecular weight excluding hydrogens is 402 g/mol. The van der Waals surface area contributed by atoms with Crippen molar-refractivity contribution in [2.75, 3.05) is 17.2 Å². The lowest BCUT2D eigenvalue weighted by Gasteiger charge is -2.34. The van der Waals surface area contributed by atoms with Crippen molar-refractivity contribution in [3.63, 3.8) is 0 Å². The van der Waals surface area contributed by atoms with Gasteiger partial charge in [-0.15, -0.1) is 0 Å². The lowest BCUT2D eigenvalue weighted by molar-refractivity contribution is -0.117. The second kappa shape index (κ2) is 9.40. The molecular formula is C22H27N3O4S. The fourth-order valence-electron chi connectivity index (χ4n) is 3.64. The van der Waals surface area contributed by atoms with Crippen LogP contribution in [-0.2, 0) is 19.6 Å². The average molecular weight is 430 g/mol. The summed E-state index contributed by atoms with van der Waals surface area (Å²) in [7, 11) is -3.66. The Hall–Kier alpha value is -2.71. The Morgan fingerprint density at radius 3 is 2.37 bits per heavy atom. The summed E-state index contributed by atoms with van der Waals surface area (Å²) in [5, 5.41) is 5.48. The van der Waals surface area contributed by atoms with E-state index in [9.17, 15) is 18.0 Å². The molecule has 2 amide bonds. The molecule has 1 saturated heterocycles. The Bertz CT molecular complexity index is 1020. The maximum absolute atomic E-state index is 13.2. The Morgan fingerprint density at radius 2 is 1.70 bits per heavy atom. The number of nitrogens with zero attached hydrogens (tertiary/aromatic N) is 1. The van der Waals surface area contributed by atoms with Gasteiger partial charge in [-0.2, -0.15) is 4.31 Å². The second-order valence-electron chi connectivity index (χ2n) is 7.59. The first-order valence-electron chi connectivity index (χ1n) is 10.0. The molecule has 0 saturated carbocycles. The zero-order valence-corrected chi connectivity index (χ0v) is 18.0. The van der Waals surface area contributed by atoms with E-state index >= 15 is 0 Å². The number of benzene rings is 2. The molecule has 1 fully saturated rings. The predicted octanol–water partition coefficient (Wildman–Crippen LogP) is 3.53. The summed E-state index contributed by atoms with van der Waals surface area (Å²) in [6.45, 7) is 3.73. The van der Waals surface area contributed by atoms with E-state index in [1.807, 2.05) is 6.92 Å². The number of carbonyl (C=O) groups is 2. The van der Waals surface area contributed by atoms with Gasteiger partial charge >= 0.3 is 0 Å². The molecule has 1 atom stereocenters. The van der Waals surface area contributed by atoms with Crippen molar-refractivity contribution in [3.8, 4) is 0 Å². The van der Waals surface area contributed by atoms with Gasteiger partial charge in [0.05, 0.1) is 4.90 Å². The van der Waals surface area contributed by atoms with Gasteiger partial charge in [0.25, 0.3) is 0 Å². The van der Waals surface area contributed by atoms with Crippen molar-refractivity contribution in [2.45, 2.75) is 50.5 Å². The number of nitrogens with one attached hydrogen (secondary N) is 2. The van der Waals surface area contributed by atoms with Crippen LogP contribution in [0.4, 0.5) is 11.4 Å². The molecule has 1 unspecified atom stereocenters. The minimum Gasteiger partial charge on any atom is -0.326 e. The van der Waals surface area contributed by atoms with E-state index in [1.54, 1.807) is 48.5 Å². The van der Waals surface area contributed by atoms with Crippen LogP contribution in [0.1, 0.15) is 38.2 Å². The third-order valence-corrected chi connectivity index (χ3v) is 7.05. The fourth-order valence-corrected chi connectivity index (χ4v) is 5.34. The summed E-state index contributed by atoms with van der Waals surface area (Å²) in [4.78, 5) is 24.1. The fraction of sp³-hybridized carbons (Fsp3) is 0.364. The van der Waals surface area contributed by atoms with Crippen molar-refractivity contribution in [1.29, 1.82) is 0 Å². The Kier molecular flexibility index (Phi) is 6.89. The maximum atomic E-state index is 13.2. The molecule has 3 rings (SSSR count). The highest BCUT2D eigenvalue weighted by Gasteiger charge is 2.34. The first-order chi connectivity index (χ1) is 14.3. The van der Waals surface area contributed by atoms with Gasteiger partial charge in [0.1, 0.15) is 0 Å². The van der Waals surface area contributed by atoms with E-state index in [0.29, 0.717) is 24.3 Å². The normalized spacial score (nSPS) is 17.3. The molecule has 0 bridgehead atoms. The molecule has 7 nitrogen and oxygen atoms in total. The summed E-state index contributed by atoms with van der Waals surface area (Å²) in [6, 6.07) is 13.3. The maximum Gasteiger partial charge on any atom is 0.243 e. The van der Waals surface area contributed by atoms with Gasteiger partial charge in [0.15, 0.2) is 0 Å². The number of hydrogen-bond donors (Lipinski definition) is 2. The molecule has 1 aliphatic rings. The second-order valence-corrected chi connectivity index (χ2v) is 9.48. The Balaban J connectivity index is 1.71. The Morgan fingerprint density at radius 1 is 1.03 bits per heavy atom. The monoisotopic (exact) mass is 429 g/mol. The van der Waals surface area contributed by atoms with Gasteiger partial charge in [-0.1, -0.05) is 30.2 Å². The molecule has 160 valence electrons. The predicted molar refractivity (Wildman–Crippen MR) is 117 cm³/mol. The molecule has 1 heterocycles. The Labute approximate surface area is 177 Å². The number of rotatable bonds is 6. The standard InChI is InChI=1S/C22H27N3O4S/c1-16-9-11-21(12-10-16)30(28,29)25-13-4-3-8-20(25)15-22(27)24-19-7-5-6-18(14-19)23-17(2)26/h5-7,9-12,14,20H,3-4,8,13,15H2,1-2H3,(H,23,26)(H,24,27). The summed E-state index contributed by atoms with van der Waals surface area (Å²) >= 11 is 0. The molecule has 0 spiro atoms. The quantitative estimate of drug-likeness (QED) is 0.734. The molecule has 30 heavy (non-hydrogen) atoms. The highest BCUT2D eigenvalue weighted by atomic mass is 32.2. The van der Waals surface area contributed by atoms with Crippen molar-refractivity contribution >= 4 is 33.2 Å². The molecule has 2 N–H and O–H groups in total. The smallest absolute Gasteiger partial charge is 0.243 e. The van der Waals surface area contributed by atoms with Crippen LogP contribution in [0, 0.1) is 6.92 Å². The van der Waals surface area contributed by atoms with E-state index < -0.39 is 10.0 Å². The minimum atomic E-state index is -3.66. The summed E-state index contributed by atoms with van der Waals surface area (Å²) < 4.78 is 27.8. The van der Waals surface area contributed by atoms with Gasteiger partial charge in [0, 0.05) is 37.3 Å². The first-order valence-corrected chi connectivity index (χ1v) is 11.5. The van der Waals surface area contributed by atoms with Crippen LogP contribution in [0.15, 0.2) is 53.4 Å². The lowest BCUT2D eigenvalue weighted by atomic mass is 10.0. The SMILES string of the molecule is CC(=O)Nc1cccc(NC(=O)CC2CCCCN2S(=O)(=O)c2ccc(C)cc2)c1. The third-order valence-electron chi connectivity index (χ3n) is 5.09. The van der Waals surface area contributed by atoms with Crippen LogP contribution < -0.4 is 10.6 Å². The van der Waals surface area contributed by atoms with Crippen LogP contribution in [-0.4, -0.2) is 37.1 Å². The van der Waals surface area contributed by atoms with Crippen LogP contribution in [0.25, 0.3) is 0 Å².